The van der Waals surface area contributed by atoms with Gasteiger partial charge in [0, 0.05) is 19.3 Å². The summed E-state index contributed by atoms with van der Waals surface area (Å²) in [6, 6.07) is -0.667. The highest BCUT2D eigenvalue weighted by molar-refractivity contribution is 5.96. The van der Waals surface area contributed by atoms with E-state index in [2.05, 4.69) is 5.10 Å². The highest BCUT2D eigenvalue weighted by atomic mass is 16.4. The van der Waals surface area contributed by atoms with Gasteiger partial charge < -0.3 is 10.0 Å². The van der Waals surface area contributed by atoms with E-state index >= 15 is 0 Å². The molecule has 1 saturated carbocycles. The lowest BCUT2D eigenvalue weighted by atomic mass is 9.94. The van der Waals surface area contributed by atoms with Crippen molar-refractivity contribution in [2.45, 2.75) is 38.8 Å². The van der Waals surface area contributed by atoms with Gasteiger partial charge in [0.05, 0.1) is 11.8 Å². The standard InChI is InChI=1S/C14H19N3O3/c1-2-16-7-10(6-15-16)13(18)17-8-9-4-3-5-11(9)12(17)14(19)20/h6-7,9,11-12H,2-5,8H2,1H3,(H,19,20). The van der Waals surface area contributed by atoms with Gasteiger partial charge in [-0.25, -0.2) is 4.79 Å². The van der Waals surface area contributed by atoms with Gasteiger partial charge in [0.1, 0.15) is 6.04 Å². The normalized spacial score (nSPS) is 28.6. The Bertz CT molecular complexity index is 540. The first-order valence-electron chi connectivity index (χ1n) is 7.18. The summed E-state index contributed by atoms with van der Waals surface area (Å²) in [5.74, 6) is -0.610. The van der Waals surface area contributed by atoms with Gasteiger partial charge in [0.2, 0.25) is 0 Å². The van der Waals surface area contributed by atoms with Crippen molar-refractivity contribution in [1.29, 1.82) is 0 Å². The molecule has 1 amide bonds. The number of carboxylic acids is 1. The number of amides is 1. The molecule has 108 valence electrons. The van der Waals surface area contributed by atoms with Gasteiger partial charge in [-0.15, -0.1) is 0 Å². The van der Waals surface area contributed by atoms with E-state index in [-0.39, 0.29) is 11.8 Å². The monoisotopic (exact) mass is 277 g/mol. The van der Waals surface area contributed by atoms with Gasteiger partial charge in [-0.1, -0.05) is 6.42 Å². The number of carboxylic acid groups (broad SMARTS) is 1. The number of hydrogen-bond acceptors (Lipinski definition) is 3. The fourth-order valence-corrected chi connectivity index (χ4v) is 3.64. The van der Waals surface area contributed by atoms with Crippen LogP contribution in [0.1, 0.15) is 36.5 Å². The van der Waals surface area contributed by atoms with Crippen LogP contribution in [0.2, 0.25) is 0 Å². The van der Waals surface area contributed by atoms with Crippen molar-refractivity contribution in [2.75, 3.05) is 6.54 Å². The second kappa shape index (κ2) is 4.92. The zero-order valence-electron chi connectivity index (χ0n) is 11.5. The van der Waals surface area contributed by atoms with Gasteiger partial charge in [-0.05, 0) is 31.6 Å². The Hall–Kier alpha value is -1.85. The molecule has 3 atom stereocenters. The minimum atomic E-state index is -0.879. The van der Waals surface area contributed by atoms with Crippen molar-refractivity contribution >= 4 is 11.9 Å². The lowest BCUT2D eigenvalue weighted by Gasteiger charge is -2.23. The summed E-state index contributed by atoms with van der Waals surface area (Å²) in [5, 5.41) is 13.6. The maximum absolute atomic E-state index is 12.5. The fourth-order valence-electron chi connectivity index (χ4n) is 3.64. The number of aromatic nitrogens is 2. The molecule has 2 heterocycles. The molecule has 1 N–H and O–H groups in total. The van der Waals surface area contributed by atoms with Crippen LogP contribution in [0.3, 0.4) is 0 Å². The maximum atomic E-state index is 12.5. The summed E-state index contributed by atoms with van der Waals surface area (Å²) >= 11 is 0. The van der Waals surface area contributed by atoms with Crippen molar-refractivity contribution in [3.63, 3.8) is 0 Å². The Morgan fingerprint density at radius 3 is 2.90 bits per heavy atom. The number of hydrogen-bond donors (Lipinski definition) is 1. The predicted octanol–water partition coefficient (Wildman–Crippen LogP) is 1.23. The summed E-state index contributed by atoms with van der Waals surface area (Å²) in [4.78, 5) is 25.6. The molecule has 1 saturated heterocycles. The molecule has 20 heavy (non-hydrogen) atoms. The number of aliphatic carboxylic acids is 1. The highest BCUT2D eigenvalue weighted by Gasteiger charge is 2.49. The highest BCUT2D eigenvalue weighted by Crippen LogP contribution is 2.42. The number of carbonyl (C=O) groups is 2. The Balaban J connectivity index is 1.85. The number of rotatable bonds is 3. The quantitative estimate of drug-likeness (QED) is 0.901. The summed E-state index contributed by atoms with van der Waals surface area (Å²) in [5.41, 5.74) is 0.484. The van der Waals surface area contributed by atoms with E-state index in [4.69, 9.17) is 0 Å². The van der Waals surface area contributed by atoms with E-state index in [9.17, 15) is 14.7 Å². The van der Waals surface area contributed by atoms with Gasteiger partial charge in [-0.3, -0.25) is 9.48 Å². The third-order valence-corrected chi connectivity index (χ3v) is 4.61. The first-order chi connectivity index (χ1) is 9.61. The maximum Gasteiger partial charge on any atom is 0.326 e. The van der Waals surface area contributed by atoms with Gasteiger partial charge in [-0.2, -0.15) is 5.10 Å². The van der Waals surface area contributed by atoms with Crippen LogP contribution >= 0.6 is 0 Å². The van der Waals surface area contributed by atoms with Gasteiger partial charge in [0.15, 0.2) is 0 Å². The molecular formula is C14H19N3O3. The predicted molar refractivity (Wildman–Crippen MR) is 71.2 cm³/mol. The molecule has 1 aromatic heterocycles. The molecule has 1 aromatic rings. The largest absolute Gasteiger partial charge is 0.480 e. The van der Waals surface area contributed by atoms with E-state index in [1.54, 1.807) is 10.9 Å². The van der Waals surface area contributed by atoms with Crippen LogP contribution in [-0.4, -0.2) is 44.3 Å². The van der Waals surface area contributed by atoms with Crippen LogP contribution in [-0.2, 0) is 11.3 Å². The zero-order valence-corrected chi connectivity index (χ0v) is 11.5. The Morgan fingerprint density at radius 1 is 1.45 bits per heavy atom. The van der Waals surface area contributed by atoms with Crippen LogP contribution in [0.5, 0.6) is 0 Å². The Labute approximate surface area is 117 Å². The minimum absolute atomic E-state index is 0.123. The van der Waals surface area contributed by atoms with Crippen molar-refractivity contribution in [2.24, 2.45) is 11.8 Å². The molecule has 6 heteroatoms. The molecule has 3 unspecified atom stereocenters. The SMILES string of the molecule is CCn1cc(C(=O)N2CC3CCCC3C2C(=O)O)cn1. The molecule has 1 aliphatic heterocycles. The van der Waals surface area contributed by atoms with Crippen LogP contribution in [0.15, 0.2) is 12.4 Å². The molecular weight excluding hydrogens is 258 g/mol. The van der Waals surface area contributed by atoms with Crippen molar-refractivity contribution in [1.82, 2.24) is 14.7 Å². The molecule has 6 nitrogen and oxygen atoms in total. The second-order valence-corrected chi connectivity index (χ2v) is 5.68. The van der Waals surface area contributed by atoms with Crippen LogP contribution in [0.25, 0.3) is 0 Å². The average molecular weight is 277 g/mol. The fraction of sp³-hybridized carbons (Fsp3) is 0.643. The lowest BCUT2D eigenvalue weighted by Crippen LogP contribution is -2.43. The molecule has 2 aliphatic rings. The molecule has 0 radical (unpaired) electrons. The molecule has 0 bridgehead atoms. The van der Waals surface area contributed by atoms with E-state index in [1.807, 2.05) is 6.92 Å². The summed E-state index contributed by atoms with van der Waals surface area (Å²) < 4.78 is 1.68. The van der Waals surface area contributed by atoms with Crippen molar-refractivity contribution in [3.05, 3.63) is 18.0 Å². The number of aryl methyl sites for hydroxylation is 1. The van der Waals surface area contributed by atoms with Crippen molar-refractivity contribution < 1.29 is 14.7 Å². The lowest BCUT2D eigenvalue weighted by molar-refractivity contribution is -0.142. The number of fused-ring (bicyclic) bond motifs is 1. The molecule has 2 fully saturated rings. The van der Waals surface area contributed by atoms with Crippen LogP contribution in [0.4, 0.5) is 0 Å². The van der Waals surface area contributed by atoms with E-state index in [0.29, 0.717) is 24.6 Å². The third kappa shape index (κ3) is 1.99. The first kappa shape index (κ1) is 13.1. The van der Waals surface area contributed by atoms with E-state index in [0.717, 1.165) is 19.3 Å². The van der Waals surface area contributed by atoms with E-state index < -0.39 is 12.0 Å². The van der Waals surface area contributed by atoms with Gasteiger partial charge in [0.25, 0.3) is 5.91 Å². The molecule has 0 spiro atoms. The van der Waals surface area contributed by atoms with Gasteiger partial charge >= 0.3 is 5.97 Å². The molecule has 1 aliphatic carbocycles. The minimum Gasteiger partial charge on any atom is -0.480 e. The van der Waals surface area contributed by atoms with E-state index in [1.165, 1.54) is 11.1 Å². The number of nitrogens with zero attached hydrogens (tertiary/aromatic N) is 3. The first-order valence-corrected chi connectivity index (χ1v) is 7.18. The zero-order chi connectivity index (χ0) is 14.3. The second-order valence-electron chi connectivity index (χ2n) is 5.68. The summed E-state index contributed by atoms with van der Waals surface area (Å²) in [6.07, 6.45) is 6.25. The van der Waals surface area contributed by atoms with Crippen LogP contribution < -0.4 is 0 Å². The topological polar surface area (TPSA) is 75.4 Å². The summed E-state index contributed by atoms with van der Waals surface area (Å²) in [6.45, 7) is 3.21. The number of likely N-dealkylation sites (tertiary alicyclic amines) is 1. The van der Waals surface area contributed by atoms with Crippen molar-refractivity contribution in [3.8, 4) is 0 Å². The number of carbonyl (C=O) groups excluding carboxylic acids is 1. The molecule has 3 rings (SSSR count). The Morgan fingerprint density at radius 2 is 2.25 bits per heavy atom. The summed E-state index contributed by atoms with van der Waals surface area (Å²) in [7, 11) is 0. The smallest absolute Gasteiger partial charge is 0.326 e. The molecule has 0 aromatic carbocycles. The van der Waals surface area contributed by atoms with Crippen LogP contribution in [0, 0.1) is 11.8 Å². The third-order valence-electron chi connectivity index (χ3n) is 4.61. The Kier molecular flexibility index (Phi) is 3.23. The average Bonchev–Trinajstić information content (AvgIpc) is 3.11.